The topological polar surface area (TPSA) is 119 Å². The Kier molecular flexibility index (Phi) is 7.07. The summed E-state index contributed by atoms with van der Waals surface area (Å²) in [4.78, 5) is 31.6. The molecule has 1 N–H and O–H groups in total. The third kappa shape index (κ3) is 5.35. The van der Waals surface area contributed by atoms with Crippen LogP contribution in [0.15, 0.2) is 63.9 Å². The number of carbonyl (C=O) groups is 2. The van der Waals surface area contributed by atoms with Crippen LogP contribution in [0.5, 0.6) is 5.75 Å². The maximum Gasteiger partial charge on any atom is 0.268 e. The molecule has 9 nitrogen and oxygen atoms in total. The number of carbonyl (C=O) groups excluding carboxylic acids is 2. The van der Waals surface area contributed by atoms with Crippen LogP contribution in [-0.2, 0) is 34.4 Å². The highest BCUT2D eigenvalue weighted by molar-refractivity contribution is 7.90. The summed E-state index contributed by atoms with van der Waals surface area (Å²) in [6.07, 6.45) is 6.50. The van der Waals surface area contributed by atoms with Crippen molar-refractivity contribution in [2.45, 2.75) is 57.1 Å². The fourth-order valence-electron chi connectivity index (χ4n) is 4.71. The van der Waals surface area contributed by atoms with Crippen molar-refractivity contribution in [2.24, 2.45) is 0 Å². The molecule has 2 heterocycles. The number of sulfonamides is 1. The van der Waals surface area contributed by atoms with E-state index in [2.05, 4.69) is 21.9 Å². The largest absolute Gasteiger partial charge is 0.486 e. The lowest BCUT2D eigenvalue weighted by Crippen LogP contribution is -2.35. The van der Waals surface area contributed by atoms with Gasteiger partial charge in [-0.1, -0.05) is 30.4 Å². The van der Waals surface area contributed by atoms with Crippen LogP contribution < -0.4 is 9.46 Å². The van der Waals surface area contributed by atoms with Crippen molar-refractivity contribution in [1.29, 1.82) is 0 Å². The van der Waals surface area contributed by atoms with Gasteiger partial charge in [-0.15, -0.1) is 0 Å². The summed E-state index contributed by atoms with van der Waals surface area (Å²) >= 11 is 0. The van der Waals surface area contributed by atoms with E-state index in [0.29, 0.717) is 36.9 Å². The molecule has 1 aliphatic heterocycles. The van der Waals surface area contributed by atoms with Crippen molar-refractivity contribution >= 4 is 21.8 Å². The molecule has 1 aromatic heterocycles. The normalized spacial score (nSPS) is 15.4. The van der Waals surface area contributed by atoms with Crippen LogP contribution in [0.2, 0.25) is 0 Å². The number of benzene rings is 2. The first-order valence-electron chi connectivity index (χ1n) is 12.5. The molecule has 10 heteroatoms. The van der Waals surface area contributed by atoms with E-state index in [0.717, 1.165) is 24.0 Å². The van der Waals surface area contributed by atoms with Crippen molar-refractivity contribution in [3.05, 3.63) is 88.7 Å². The van der Waals surface area contributed by atoms with Crippen molar-refractivity contribution < 1.29 is 27.2 Å². The van der Waals surface area contributed by atoms with Gasteiger partial charge in [0.25, 0.3) is 15.9 Å². The number of nitrogens with zero attached hydrogens (tertiary/aromatic N) is 2. The number of nitrogens with one attached hydrogen (secondary N) is 1. The maximum absolute atomic E-state index is 13.3. The molecule has 2 amide bonds. The molecule has 0 fully saturated rings. The second-order valence-corrected chi connectivity index (χ2v) is 11.2. The van der Waals surface area contributed by atoms with E-state index in [4.69, 9.17) is 9.15 Å². The van der Waals surface area contributed by atoms with E-state index in [-0.39, 0.29) is 34.6 Å². The molecule has 0 bridgehead atoms. The second-order valence-electron chi connectivity index (χ2n) is 9.54. The Balaban J connectivity index is 1.44. The smallest absolute Gasteiger partial charge is 0.268 e. The van der Waals surface area contributed by atoms with Crippen molar-refractivity contribution in [3.63, 3.8) is 0 Å². The summed E-state index contributed by atoms with van der Waals surface area (Å²) in [6, 6.07) is 11.1. The summed E-state index contributed by atoms with van der Waals surface area (Å²) in [5.74, 6) is 0.858. The number of hydrogen-bond acceptors (Lipinski definition) is 7. The highest BCUT2D eigenvalue weighted by atomic mass is 32.2. The van der Waals surface area contributed by atoms with Gasteiger partial charge in [-0.2, -0.15) is 0 Å². The lowest BCUT2D eigenvalue weighted by atomic mass is 9.96. The molecular formula is C28H29N3O6S. The molecule has 1 aliphatic carbocycles. The molecule has 198 valence electrons. The Morgan fingerprint density at radius 2 is 1.87 bits per heavy atom. The van der Waals surface area contributed by atoms with E-state index in [1.54, 1.807) is 35.2 Å². The monoisotopic (exact) mass is 535 g/mol. The minimum atomic E-state index is -4.09. The van der Waals surface area contributed by atoms with Gasteiger partial charge in [0, 0.05) is 25.9 Å². The lowest BCUT2D eigenvalue weighted by molar-refractivity contribution is -0.129. The van der Waals surface area contributed by atoms with Gasteiger partial charge < -0.3 is 14.1 Å². The number of oxazole rings is 1. The summed E-state index contributed by atoms with van der Waals surface area (Å²) in [7, 11) is -4.09. The van der Waals surface area contributed by atoms with Crippen LogP contribution in [0.1, 0.15) is 64.5 Å². The number of rotatable bonds is 7. The zero-order valence-electron chi connectivity index (χ0n) is 21.3. The van der Waals surface area contributed by atoms with Gasteiger partial charge in [-0.25, -0.2) is 18.1 Å². The van der Waals surface area contributed by atoms with Gasteiger partial charge in [0.05, 0.1) is 10.5 Å². The molecule has 0 atom stereocenters. The molecule has 2 aromatic carbocycles. The van der Waals surface area contributed by atoms with Gasteiger partial charge in [0.1, 0.15) is 23.8 Å². The van der Waals surface area contributed by atoms with Crippen LogP contribution in [0, 0.1) is 6.92 Å². The Bertz CT molecular complexity index is 1500. The molecule has 0 radical (unpaired) electrons. The van der Waals surface area contributed by atoms with Crippen molar-refractivity contribution in [1.82, 2.24) is 14.6 Å². The predicted octanol–water partition coefficient (Wildman–Crippen LogP) is 4.02. The third-order valence-electron chi connectivity index (χ3n) is 6.92. The molecule has 0 unspecified atom stereocenters. The van der Waals surface area contributed by atoms with E-state index in [9.17, 15) is 18.0 Å². The first-order chi connectivity index (χ1) is 18.2. The van der Waals surface area contributed by atoms with E-state index in [1.807, 2.05) is 6.92 Å². The Morgan fingerprint density at radius 3 is 2.58 bits per heavy atom. The third-order valence-corrected chi connectivity index (χ3v) is 8.26. The van der Waals surface area contributed by atoms with E-state index < -0.39 is 15.9 Å². The van der Waals surface area contributed by atoms with Gasteiger partial charge in [0.2, 0.25) is 5.91 Å². The van der Waals surface area contributed by atoms with Gasteiger partial charge >= 0.3 is 0 Å². The number of aromatic nitrogens is 1. The highest BCUT2D eigenvalue weighted by Gasteiger charge is 2.27. The molecular weight excluding hydrogens is 506 g/mol. The molecule has 2 aliphatic rings. The Hall–Kier alpha value is -3.92. The summed E-state index contributed by atoms with van der Waals surface area (Å²) in [6.45, 7) is 4.27. The second kappa shape index (κ2) is 10.4. The van der Waals surface area contributed by atoms with Gasteiger partial charge in [-0.05, 0) is 61.6 Å². The summed E-state index contributed by atoms with van der Waals surface area (Å²) < 4.78 is 39.8. The summed E-state index contributed by atoms with van der Waals surface area (Å²) in [5.41, 5.74) is 2.42. The average molecular weight is 536 g/mol. The fraction of sp³-hybridized carbons (Fsp3) is 0.321. The van der Waals surface area contributed by atoms with Crippen molar-refractivity contribution in [3.8, 4) is 5.75 Å². The molecule has 38 heavy (non-hydrogen) atoms. The van der Waals surface area contributed by atoms with Crippen LogP contribution in [0.4, 0.5) is 0 Å². The first-order valence-corrected chi connectivity index (χ1v) is 14.0. The molecule has 3 aromatic rings. The molecule has 0 spiro atoms. The standard InChI is InChI=1S/C28H29N3O6S/c1-18-25(29-28(37-18)20-8-6-7-9-20)17-36-26-15-22-16-31(19(2)32)13-12-21(22)14-24(26)27(33)30-38(34,35)23-10-4-3-5-11-23/h3-7,10-11,14-15,20H,8-9,12-13,16-17H2,1-2H3,(H,30,33). The number of ether oxygens (including phenoxy) is 1. The van der Waals surface area contributed by atoms with Crippen LogP contribution in [-0.4, -0.2) is 36.7 Å². The fourth-order valence-corrected chi connectivity index (χ4v) is 5.70. The molecule has 5 rings (SSSR count). The SMILES string of the molecule is CC(=O)N1CCc2cc(C(=O)NS(=O)(=O)c3ccccc3)c(OCc3nc(C4CC=CC4)oc3C)cc2C1. The number of hydrogen-bond donors (Lipinski definition) is 1. The maximum atomic E-state index is 13.3. The number of aryl methyl sites for hydroxylation is 1. The minimum absolute atomic E-state index is 0.0157. The van der Waals surface area contributed by atoms with E-state index in [1.165, 1.54) is 19.1 Å². The Morgan fingerprint density at radius 1 is 1.13 bits per heavy atom. The minimum Gasteiger partial charge on any atom is -0.486 e. The van der Waals surface area contributed by atoms with Crippen LogP contribution in [0.3, 0.4) is 0 Å². The zero-order valence-corrected chi connectivity index (χ0v) is 22.1. The predicted molar refractivity (Wildman–Crippen MR) is 139 cm³/mol. The Labute approximate surface area is 221 Å². The van der Waals surface area contributed by atoms with Crippen molar-refractivity contribution in [2.75, 3.05) is 6.54 Å². The molecule has 0 saturated carbocycles. The van der Waals surface area contributed by atoms with Gasteiger partial charge in [0.15, 0.2) is 5.89 Å². The number of allylic oxidation sites excluding steroid dienone is 2. The quantitative estimate of drug-likeness (QED) is 0.454. The average Bonchev–Trinajstić information content (AvgIpc) is 3.56. The van der Waals surface area contributed by atoms with Gasteiger partial charge in [-0.3, -0.25) is 9.59 Å². The molecule has 0 saturated heterocycles. The van der Waals surface area contributed by atoms with Crippen LogP contribution in [0.25, 0.3) is 0 Å². The number of amides is 2. The highest BCUT2D eigenvalue weighted by Crippen LogP contribution is 2.32. The first kappa shape index (κ1) is 25.7. The van der Waals surface area contributed by atoms with Crippen LogP contribution >= 0.6 is 0 Å². The summed E-state index contributed by atoms with van der Waals surface area (Å²) in [5, 5.41) is 0. The van der Waals surface area contributed by atoms with E-state index >= 15 is 0 Å². The number of fused-ring (bicyclic) bond motifs is 1. The zero-order chi connectivity index (χ0) is 26.9. The lowest BCUT2D eigenvalue weighted by Gasteiger charge is -2.29.